The van der Waals surface area contributed by atoms with Gasteiger partial charge in [-0.05, 0) is 37.6 Å². The predicted molar refractivity (Wildman–Crippen MR) is 94.5 cm³/mol. The van der Waals surface area contributed by atoms with Gasteiger partial charge in [-0.15, -0.1) is 0 Å². The molecule has 0 saturated carbocycles. The molecule has 0 aliphatic carbocycles. The smallest absolute Gasteiger partial charge is 0.269 e. The maximum absolute atomic E-state index is 12.2. The van der Waals surface area contributed by atoms with Crippen molar-refractivity contribution in [2.75, 3.05) is 13.7 Å². The molecule has 3 aromatic rings. The minimum Gasteiger partial charge on any atom is -0.497 e. The van der Waals surface area contributed by atoms with Crippen LogP contribution in [0.25, 0.3) is 11.3 Å². The van der Waals surface area contributed by atoms with Gasteiger partial charge in [0.2, 0.25) is 0 Å². The monoisotopic (exact) mass is 339 g/mol. The van der Waals surface area contributed by atoms with E-state index in [2.05, 4.69) is 20.6 Å². The number of benzene rings is 1. The lowest BCUT2D eigenvalue weighted by Gasteiger charge is -2.04. The molecule has 130 valence electrons. The van der Waals surface area contributed by atoms with Crippen LogP contribution in [0.5, 0.6) is 5.75 Å². The number of aromatic nitrogens is 4. The standard InChI is InChI=1S/C18H21N5O2/c1-13-7-10-23(22-13)9-4-8-19-18(24)17-12-16(20-21-17)14-5-3-6-15(11-14)25-2/h3,5-7,10-12H,4,8-9H2,1-2H3,(H,19,24)(H,20,21). The van der Waals surface area contributed by atoms with Crippen molar-refractivity contribution in [2.24, 2.45) is 0 Å². The van der Waals surface area contributed by atoms with E-state index in [0.717, 1.165) is 30.0 Å². The molecule has 0 unspecified atom stereocenters. The molecule has 1 amide bonds. The van der Waals surface area contributed by atoms with E-state index in [1.165, 1.54) is 0 Å². The van der Waals surface area contributed by atoms with Crippen molar-refractivity contribution >= 4 is 5.91 Å². The molecule has 0 bridgehead atoms. The minimum atomic E-state index is -0.168. The van der Waals surface area contributed by atoms with Crippen molar-refractivity contribution in [2.45, 2.75) is 19.9 Å². The molecule has 0 spiro atoms. The Labute approximate surface area is 146 Å². The van der Waals surface area contributed by atoms with E-state index >= 15 is 0 Å². The number of rotatable bonds is 7. The van der Waals surface area contributed by atoms with E-state index in [1.807, 2.05) is 48.1 Å². The molecular formula is C18H21N5O2. The van der Waals surface area contributed by atoms with E-state index in [4.69, 9.17) is 4.74 Å². The summed E-state index contributed by atoms with van der Waals surface area (Å²) in [4.78, 5) is 12.2. The second-order valence-electron chi connectivity index (χ2n) is 5.73. The van der Waals surface area contributed by atoms with Crippen molar-refractivity contribution in [3.05, 3.63) is 54.0 Å². The third kappa shape index (κ3) is 4.26. The van der Waals surface area contributed by atoms with Crippen LogP contribution in [0.2, 0.25) is 0 Å². The molecule has 3 rings (SSSR count). The molecule has 2 heterocycles. The fourth-order valence-corrected chi connectivity index (χ4v) is 2.49. The van der Waals surface area contributed by atoms with Gasteiger partial charge in [-0.1, -0.05) is 12.1 Å². The molecule has 0 atom stereocenters. The SMILES string of the molecule is COc1cccc(-c2cc(C(=O)NCCCn3ccc(C)n3)[nH]n2)c1. The van der Waals surface area contributed by atoms with Gasteiger partial charge in [0.25, 0.3) is 5.91 Å². The van der Waals surface area contributed by atoms with Crippen LogP contribution in [0.1, 0.15) is 22.6 Å². The van der Waals surface area contributed by atoms with Crippen LogP contribution in [0.4, 0.5) is 0 Å². The maximum Gasteiger partial charge on any atom is 0.269 e. The highest BCUT2D eigenvalue weighted by molar-refractivity contribution is 5.93. The number of nitrogens with zero attached hydrogens (tertiary/aromatic N) is 3. The molecule has 25 heavy (non-hydrogen) atoms. The van der Waals surface area contributed by atoms with Crippen molar-refractivity contribution in [1.82, 2.24) is 25.3 Å². The zero-order valence-corrected chi connectivity index (χ0v) is 14.3. The van der Waals surface area contributed by atoms with Gasteiger partial charge in [0, 0.05) is 24.8 Å². The lowest BCUT2D eigenvalue weighted by molar-refractivity contribution is 0.0947. The topological polar surface area (TPSA) is 84.8 Å². The number of hydrogen-bond acceptors (Lipinski definition) is 4. The third-order valence-corrected chi connectivity index (χ3v) is 3.81. The number of H-pyrrole nitrogens is 1. The van der Waals surface area contributed by atoms with Crippen LogP contribution in [-0.4, -0.2) is 39.5 Å². The van der Waals surface area contributed by atoms with Gasteiger partial charge < -0.3 is 10.1 Å². The zero-order chi connectivity index (χ0) is 17.6. The number of carbonyl (C=O) groups is 1. The highest BCUT2D eigenvalue weighted by Gasteiger charge is 2.11. The first-order chi connectivity index (χ1) is 12.2. The Morgan fingerprint density at radius 1 is 1.32 bits per heavy atom. The maximum atomic E-state index is 12.2. The van der Waals surface area contributed by atoms with Crippen LogP contribution in [0.3, 0.4) is 0 Å². The molecule has 7 heteroatoms. The number of nitrogens with one attached hydrogen (secondary N) is 2. The van der Waals surface area contributed by atoms with E-state index < -0.39 is 0 Å². The van der Waals surface area contributed by atoms with Crippen molar-refractivity contribution < 1.29 is 9.53 Å². The Morgan fingerprint density at radius 3 is 2.96 bits per heavy atom. The zero-order valence-electron chi connectivity index (χ0n) is 14.3. The third-order valence-electron chi connectivity index (χ3n) is 3.81. The van der Waals surface area contributed by atoms with Gasteiger partial charge >= 0.3 is 0 Å². The number of aryl methyl sites for hydroxylation is 2. The summed E-state index contributed by atoms with van der Waals surface area (Å²) < 4.78 is 7.08. The van der Waals surface area contributed by atoms with Crippen LogP contribution in [0, 0.1) is 6.92 Å². The number of hydrogen-bond donors (Lipinski definition) is 2. The Hall–Kier alpha value is -3.09. The average molecular weight is 339 g/mol. The van der Waals surface area contributed by atoms with Crippen LogP contribution < -0.4 is 10.1 Å². The number of methoxy groups -OCH3 is 1. The molecule has 0 aliphatic heterocycles. The van der Waals surface area contributed by atoms with Crippen molar-refractivity contribution in [3.8, 4) is 17.0 Å². The number of carbonyl (C=O) groups excluding carboxylic acids is 1. The lowest BCUT2D eigenvalue weighted by atomic mass is 10.1. The van der Waals surface area contributed by atoms with E-state index in [1.54, 1.807) is 13.2 Å². The molecule has 1 aromatic carbocycles. The summed E-state index contributed by atoms with van der Waals surface area (Å²) in [6.07, 6.45) is 2.75. The van der Waals surface area contributed by atoms with Crippen LogP contribution in [-0.2, 0) is 6.54 Å². The van der Waals surface area contributed by atoms with Gasteiger partial charge in [-0.25, -0.2) is 0 Å². The highest BCUT2D eigenvalue weighted by atomic mass is 16.5. The minimum absolute atomic E-state index is 0.168. The van der Waals surface area contributed by atoms with Crippen molar-refractivity contribution in [3.63, 3.8) is 0 Å². The van der Waals surface area contributed by atoms with Crippen LogP contribution >= 0.6 is 0 Å². The average Bonchev–Trinajstić information content (AvgIpc) is 3.28. The summed E-state index contributed by atoms with van der Waals surface area (Å²) in [6.45, 7) is 3.30. The second-order valence-corrected chi connectivity index (χ2v) is 5.73. The fraction of sp³-hybridized carbons (Fsp3) is 0.278. The molecule has 2 N–H and O–H groups in total. The second kappa shape index (κ2) is 7.65. The summed E-state index contributed by atoms with van der Waals surface area (Å²) in [5.41, 5.74) is 3.03. The molecular weight excluding hydrogens is 318 g/mol. The molecule has 7 nitrogen and oxygen atoms in total. The Bertz CT molecular complexity index is 853. The molecule has 0 radical (unpaired) electrons. The summed E-state index contributed by atoms with van der Waals surface area (Å²) in [5, 5.41) is 14.2. The van der Waals surface area contributed by atoms with Crippen molar-refractivity contribution in [1.29, 1.82) is 0 Å². The first kappa shape index (κ1) is 16.8. The summed E-state index contributed by atoms with van der Waals surface area (Å²) in [6, 6.07) is 11.3. The van der Waals surface area contributed by atoms with Crippen LogP contribution in [0.15, 0.2) is 42.6 Å². The highest BCUT2D eigenvalue weighted by Crippen LogP contribution is 2.22. The summed E-state index contributed by atoms with van der Waals surface area (Å²) in [7, 11) is 1.62. The van der Waals surface area contributed by atoms with Gasteiger partial charge in [0.15, 0.2) is 0 Å². The van der Waals surface area contributed by atoms with E-state index in [0.29, 0.717) is 17.9 Å². The number of ether oxygens (including phenoxy) is 1. The quantitative estimate of drug-likeness (QED) is 0.647. The van der Waals surface area contributed by atoms with E-state index in [9.17, 15) is 4.79 Å². The van der Waals surface area contributed by atoms with Gasteiger partial charge in [-0.3, -0.25) is 14.6 Å². The van der Waals surface area contributed by atoms with Gasteiger partial charge in [0.05, 0.1) is 18.5 Å². The van der Waals surface area contributed by atoms with Gasteiger partial charge in [-0.2, -0.15) is 10.2 Å². The normalized spacial score (nSPS) is 10.6. The number of amides is 1. The van der Waals surface area contributed by atoms with E-state index in [-0.39, 0.29) is 5.91 Å². The Kier molecular flexibility index (Phi) is 5.13. The first-order valence-electron chi connectivity index (χ1n) is 8.14. The summed E-state index contributed by atoms with van der Waals surface area (Å²) in [5.74, 6) is 0.582. The Balaban J connectivity index is 1.53. The molecule has 0 saturated heterocycles. The Morgan fingerprint density at radius 2 is 2.20 bits per heavy atom. The fourth-order valence-electron chi connectivity index (χ4n) is 2.49. The molecule has 2 aromatic heterocycles. The van der Waals surface area contributed by atoms with Gasteiger partial charge in [0.1, 0.15) is 11.4 Å². The summed E-state index contributed by atoms with van der Waals surface area (Å²) >= 11 is 0. The lowest BCUT2D eigenvalue weighted by Crippen LogP contribution is -2.25. The first-order valence-corrected chi connectivity index (χ1v) is 8.14. The largest absolute Gasteiger partial charge is 0.497 e. The predicted octanol–water partition coefficient (Wildman–Crippen LogP) is 2.41. The molecule has 0 aliphatic rings. The number of aromatic amines is 1. The molecule has 0 fully saturated rings.